The fraction of sp³-hybridized carbons (Fsp3) is 0.600. The van der Waals surface area contributed by atoms with Crippen LogP contribution in [0.4, 0.5) is 5.82 Å². The topological polar surface area (TPSA) is 66.5 Å². The van der Waals surface area contributed by atoms with E-state index in [0.717, 1.165) is 11.4 Å². The predicted octanol–water partition coefficient (Wildman–Crippen LogP) is 1.88. The summed E-state index contributed by atoms with van der Waals surface area (Å²) in [6.45, 7) is 0.592. The Balaban J connectivity index is 1.89. The van der Waals surface area contributed by atoms with Crippen LogP contribution in [0.15, 0.2) is 23.3 Å². The smallest absolute Gasteiger partial charge is 0.189 e. The van der Waals surface area contributed by atoms with Gasteiger partial charge >= 0.3 is 0 Å². The molecule has 0 spiro atoms. The Morgan fingerprint density at radius 3 is 2.85 bits per heavy atom. The number of nitrogens with zero attached hydrogens (tertiary/aromatic N) is 3. The zero-order chi connectivity index (χ0) is 14.4. The molecule has 2 rings (SSSR count). The molecule has 20 heavy (non-hydrogen) atoms. The Hall–Kier alpha value is -1.78. The van der Waals surface area contributed by atoms with Gasteiger partial charge in [-0.25, -0.2) is 9.98 Å². The van der Waals surface area contributed by atoms with Gasteiger partial charge in [-0.3, -0.25) is 0 Å². The first-order chi connectivity index (χ1) is 9.65. The molecule has 1 fully saturated rings. The van der Waals surface area contributed by atoms with Gasteiger partial charge in [0.05, 0.1) is 6.54 Å². The molecular weight excluding hydrogens is 250 g/mol. The van der Waals surface area contributed by atoms with E-state index in [1.165, 1.54) is 32.1 Å². The Morgan fingerprint density at radius 1 is 1.40 bits per heavy atom. The Morgan fingerprint density at radius 2 is 2.15 bits per heavy atom. The van der Waals surface area contributed by atoms with E-state index in [-0.39, 0.29) is 0 Å². The van der Waals surface area contributed by atoms with Crippen molar-refractivity contribution in [1.29, 1.82) is 0 Å². The zero-order valence-corrected chi connectivity index (χ0v) is 12.5. The van der Waals surface area contributed by atoms with Gasteiger partial charge in [-0.05, 0) is 30.5 Å². The summed E-state index contributed by atoms with van der Waals surface area (Å²) in [5.74, 6) is 1.50. The van der Waals surface area contributed by atoms with Crippen LogP contribution in [0.25, 0.3) is 0 Å². The number of nitrogens with two attached hydrogens (primary N) is 1. The maximum atomic E-state index is 5.96. The average Bonchev–Trinajstić information content (AvgIpc) is 2.46. The Kier molecular flexibility index (Phi) is 5.21. The highest BCUT2D eigenvalue weighted by Gasteiger charge is 2.13. The number of hydrogen-bond acceptors (Lipinski definition) is 3. The molecule has 1 aromatic rings. The predicted molar refractivity (Wildman–Crippen MR) is 83.9 cm³/mol. The third kappa shape index (κ3) is 4.40. The summed E-state index contributed by atoms with van der Waals surface area (Å²) in [5.41, 5.74) is 7.09. The first kappa shape index (κ1) is 14.6. The van der Waals surface area contributed by atoms with Gasteiger partial charge < -0.3 is 16.0 Å². The maximum absolute atomic E-state index is 5.96. The van der Waals surface area contributed by atoms with Crippen molar-refractivity contribution in [3.8, 4) is 0 Å². The molecule has 0 amide bonds. The minimum Gasteiger partial charge on any atom is -0.370 e. The second-order valence-corrected chi connectivity index (χ2v) is 5.60. The molecule has 0 saturated heterocycles. The average molecular weight is 275 g/mol. The number of aromatic nitrogens is 1. The van der Waals surface area contributed by atoms with Crippen LogP contribution in [0.5, 0.6) is 0 Å². The lowest BCUT2D eigenvalue weighted by Crippen LogP contribution is -2.41. The number of pyridine rings is 1. The Labute approximate surface area is 121 Å². The fourth-order valence-electron chi connectivity index (χ4n) is 2.48. The molecule has 0 atom stereocenters. The maximum Gasteiger partial charge on any atom is 0.189 e. The van der Waals surface area contributed by atoms with Crippen LogP contribution >= 0.6 is 0 Å². The normalized spacial score (nSPS) is 17.0. The van der Waals surface area contributed by atoms with Crippen molar-refractivity contribution in [2.24, 2.45) is 10.7 Å². The molecule has 1 aliphatic carbocycles. The standard InChI is InChI=1S/C15H25N5/c1-20(2)14-10-12(8-9-17-14)11-18-15(16)19-13-6-4-3-5-7-13/h8-10,13H,3-7,11H2,1-2H3,(H3,16,18,19). The summed E-state index contributed by atoms with van der Waals surface area (Å²) in [7, 11) is 3.96. The summed E-state index contributed by atoms with van der Waals surface area (Å²) in [6.07, 6.45) is 8.15. The van der Waals surface area contributed by atoms with E-state index in [4.69, 9.17) is 5.73 Å². The number of rotatable bonds is 4. The van der Waals surface area contributed by atoms with Crippen molar-refractivity contribution < 1.29 is 0 Å². The van der Waals surface area contributed by atoms with E-state index in [0.29, 0.717) is 18.5 Å². The highest BCUT2D eigenvalue weighted by molar-refractivity contribution is 5.78. The monoisotopic (exact) mass is 275 g/mol. The van der Waals surface area contributed by atoms with Crippen LogP contribution in [-0.2, 0) is 6.54 Å². The van der Waals surface area contributed by atoms with E-state index in [1.807, 2.05) is 37.3 Å². The lowest BCUT2D eigenvalue weighted by molar-refractivity contribution is 0.412. The van der Waals surface area contributed by atoms with Gasteiger partial charge in [0, 0.05) is 26.3 Å². The summed E-state index contributed by atoms with van der Waals surface area (Å²) in [5, 5.41) is 3.33. The molecule has 0 radical (unpaired) electrons. The quantitative estimate of drug-likeness (QED) is 0.650. The van der Waals surface area contributed by atoms with Crippen molar-refractivity contribution in [3.63, 3.8) is 0 Å². The lowest BCUT2D eigenvalue weighted by Gasteiger charge is -2.23. The largest absolute Gasteiger partial charge is 0.370 e. The number of nitrogens with one attached hydrogen (secondary N) is 1. The van der Waals surface area contributed by atoms with Crippen LogP contribution in [0.3, 0.4) is 0 Å². The number of anilines is 1. The highest BCUT2D eigenvalue weighted by Crippen LogP contribution is 2.17. The van der Waals surface area contributed by atoms with Gasteiger partial charge in [-0.15, -0.1) is 0 Å². The van der Waals surface area contributed by atoms with Crippen LogP contribution < -0.4 is 16.0 Å². The molecule has 1 saturated carbocycles. The molecule has 1 aliphatic rings. The Bertz CT molecular complexity index is 449. The van der Waals surface area contributed by atoms with Crippen LogP contribution in [0.2, 0.25) is 0 Å². The first-order valence-electron chi connectivity index (χ1n) is 7.34. The lowest BCUT2D eigenvalue weighted by atomic mass is 9.96. The molecule has 3 N–H and O–H groups in total. The molecular formula is C15H25N5. The molecule has 110 valence electrons. The van der Waals surface area contributed by atoms with Gasteiger partial charge in [0.2, 0.25) is 0 Å². The molecule has 5 heteroatoms. The molecule has 0 unspecified atom stereocenters. The molecule has 0 aromatic carbocycles. The second-order valence-electron chi connectivity index (χ2n) is 5.60. The van der Waals surface area contributed by atoms with Crippen molar-refractivity contribution in [1.82, 2.24) is 10.3 Å². The number of aliphatic imine (C=N–C) groups is 1. The van der Waals surface area contributed by atoms with Crippen molar-refractivity contribution >= 4 is 11.8 Å². The summed E-state index contributed by atoms with van der Waals surface area (Å²) < 4.78 is 0. The van der Waals surface area contributed by atoms with E-state index in [1.54, 1.807) is 0 Å². The second kappa shape index (κ2) is 7.12. The minimum absolute atomic E-state index is 0.502. The minimum atomic E-state index is 0.502. The van der Waals surface area contributed by atoms with E-state index >= 15 is 0 Å². The molecule has 1 aromatic heterocycles. The van der Waals surface area contributed by atoms with Gasteiger partial charge in [-0.1, -0.05) is 19.3 Å². The third-order valence-corrected chi connectivity index (χ3v) is 3.66. The van der Waals surface area contributed by atoms with Gasteiger partial charge in [0.15, 0.2) is 5.96 Å². The SMILES string of the molecule is CN(C)c1cc(CN=C(N)NC2CCCCC2)ccn1. The van der Waals surface area contributed by atoms with Crippen LogP contribution in [-0.4, -0.2) is 31.1 Å². The summed E-state index contributed by atoms with van der Waals surface area (Å²) >= 11 is 0. The van der Waals surface area contributed by atoms with Crippen LogP contribution in [0.1, 0.15) is 37.7 Å². The summed E-state index contributed by atoms with van der Waals surface area (Å²) in [6, 6.07) is 4.52. The van der Waals surface area contributed by atoms with Crippen molar-refractivity contribution in [2.75, 3.05) is 19.0 Å². The van der Waals surface area contributed by atoms with Crippen LogP contribution in [0, 0.1) is 0 Å². The highest BCUT2D eigenvalue weighted by atomic mass is 15.1. The molecule has 1 heterocycles. The van der Waals surface area contributed by atoms with Crippen molar-refractivity contribution in [3.05, 3.63) is 23.9 Å². The van der Waals surface area contributed by atoms with Gasteiger partial charge in [0.25, 0.3) is 0 Å². The van der Waals surface area contributed by atoms with E-state index in [2.05, 4.69) is 15.3 Å². The van der Waals surface area contributed by atoms with Crippen molar-refractivity contribution in [2.45, 2.75) is 44.7 Å². The fourth-order valence-corrected chi connectivity index (χ4v) is 2.48. The molecule has 5 nitrogen and oxygen atoms in total. The molecule has 0 bridgehead atoms. The van der Waals surface area contributed by atoms with E-state index < -0.39 is 0 Å². The number of hydrogen-bond donors (Lipinski definition) is 2. The zero-order valence-electron chi connectivity index (χ0n) is 12.5. The van der Waals surface area contributed by atoms with Gasteiger partial charge in [0.1, 0.15) is 5.82 Å². The number of guanidine groups is 1. The first-order valence-corrected chi connectivity index (χ1v) is 7.34. The summed E-state index contributed by atoms with van der Waals surface area (Å²) in [4.78, 5) is 10.7. The molecule has 0 aliphatic heterocycles. The third-order valence-electron chi connectivity index (χ3n) is 3.66. The van der Waals surface area contributed by atoms with E-state index in [9.17, 15) is 0 Å². The van der Waals surface area contributed by atoms with Gasteiger partial charge in [-0.2, -0.15) is 0 Å².